The molecule has 5 rings (SSSR count). The number of nitrogens with zero attached hydrogens (tertiary/aromatic N) is 4. The van der Waals surface area contributed by atoms with Crippen LogP contribution in [0.25, 0.3) is 5.69 Å². The molecule has 0 aliphatic carbocycles. The highest BCUT2D eigenvalue weighted by Gasteiger charge is 2.22. The molecule has 34 heavy (non-hydrogen) atoms. The summed E-state index contributed by atoms with van der Waals surface area (Å²) in [7, 11) is 0. The molecular weight excluding hydrogens is 440 g/mol. The first kappa shape index (κ1) is 22.4. The van der Waals surface area contributed by atoms with Crippen LogP contribution < -0.4 is 0 Å². The number of amides is 1. The molecule has 0 radical (unpaired) electrons. The highest BCUT2D eigenvalue weighted by molar-refractivity contribution is 7.98. The van der Waals surface area contributed by atoms with Crippen LogP contribution >= 0.6 is 11.8 Å². The normalized spacial score (nSPS) is 13.4. The molecule has 6 heteroatoms. The summed E-state index contributed by atoms with van der Waals surface area (Å²) in [5.41, 5.74) is 5.28. The number of rotatable bonds is 7. The highest BCUT2D eigenvalue weighted by atomic mass is 32.2. The van der Waals surface area contributed by atoms with E-state index in [1.54, 1.807) is 11.8 Å². The molecule has 1 aliphatic rings. The van der Waals surface area contributed by atoms with E-state index in [4.69, 9.17) is 0 Å². The van der Waals surface area contributed by atoms with Crippen molar-refractivity contribution in [3.05, 3.63) is 107 Å². The van der Waals surface area contributed by atoms with Gasteiger partial charge in [0.1, 0.15) is 5.82 Å². The van der Waals surface area contributed by atoms with Gasteiger partial charge in [-0.15, -0.1) is 10.2 Å². The van der Waals surface area contributed by atoms with E-state index >= 15 is 0 Å². The summed E-state index contributed by atoms with van der Waals surface area (Å²) >= 11 is 1.63. The minimum atomic E-state index is 0.138. The zero-order chi connectivity index (χ0) is 23.3. The average Bonchev–Trinajstić information content (AvgIpc) is 3.54. The minimum Gasteiger partial charge on any atom is -0.339 e. The zero-order valence-electron chi connectivity index (χ0n) is 19.4. The first-order chi connectivity index (χ1) is 16.7. The minimum absolute atomic E-state index is 0.138. The quantitative estimate of drug-likeness (QED) is 0.327. The van der Waals surface area contributed by atoms with Gasteiger partial charge in [0.15, 0.2) is 5.16 Å². The number of benzene rings is 3. The van der Waals surface area contributed by atoms with Gasteiger partial charge in [0.2, 0.25) is 0 Å². The molecule has 0 N–H and O–H groups in total. The molecule has 172 valence electrons. The summed E-state index contributed by atoms with van der Waals surface area (Å²) < 4.78 is 2.16. The Morgan fingerprint density at radius 1 is 0.882 bits per heavy atom. The number of para-hydroxylation sites is 1. The summed E-state index contributed by atoms with van der Waals surface area (Å²) in [6, 6.07) is 26.6. The molecule has 1 amide bonds. The Morgan fingerprint density at radius 3 is 2.38 bits per heavy atom. The number of likely N-dealkylation sites (tertiary alicyclic amines) is 1. The Hall–Kier alpha value is -3.38. The van der Waals surface area contributed by atoms with Crippen LogP contribution in [0.15, 0.2) is 84.0 Å². The van der Waals surface area contributed by atoms with Gasteiger partial charge in [0.05, 0.1) is 5.69 Å². The van der Waals surface area contributed by atoms with Crippen molar-refractivity contribution in [3.63, 3.8) is 0 Å². The highest BCUT2D eigenvalue weighted by Crippen LogP contribution is 2.29. The smallest absolute Gasteiger partial charge is 0.254 e. The predicted octanol–water partition coefficient (Wildman–Crippen LogP) is 5.69. The summed E-state index contributed by atoms with van der Waals surface area (Å²) in [6.07, 6.45) is 2.88. The first-order valence-corrected chi connectivity index (χ1v) is 12.7. The zero-order valence-corrected chi connectivity index (χ0v) is 20.2. The standard InChI is InChI=1S/C28H28N4OS/c1-21-11-5-8-16-25(21)32-26(19-22-12-3-2-4-13-22)29-30-28(32)34-20-23-14-6-7-15-24(23)27(33)31-17-9-10-18-31/h2-8,11-16H,9-10,17-20H2,1H3. The lowest BCUT2D eigenvalue weighted by molar-refractivity contribution is 0.0792. The van der Waals surface area contributed by atoms with E-state index < -0.39 is 0 Å². The van der Waals surface area contributed by atoms with E-state index in [-0.39, 0.29) is 5.91 Å². The Balaban J connectivity index is 1.45. The van der Waals surface area contributed by atoms with Crippen molar-refractivity contribution in [3.8, 4) is 5.69 Å². The van der Waals surface area contributed by atoms with Crippen molar-refractivity contribution in [2.24, 2.45) is 0 Å². The second-order valence-corrected chi connectivity index (χ2v) is 9.57. The van der Waals surface area contributed by atoms with Crippen molar-refractivity contribution < 1.29 is 4.79 Å². The van der Waals surface area contributed by atoms with Crippen molar-refractivity contribution in [2.75, 3.05) is 13.1 Å². The van der Waals surface area contributed by atoms with Crippen LogP contribution in [0.3, 0.4) is 0 Å². The Morgan fingerprint density at radius 2 is 1.59 bits per heavy atom. The molecule has 2 heterocycles. The fourth-order valence-electron chi connectivity index (χ4n) is 4.43. The Labute approximate surface area is 204 Å². The van der Waals surface area contributed by atoms with Crippen molar-refractivity contribution in [2.45, 2.75) is 37.1 Å². The third-order valence-corrected chi connectivity index (χ3v) is 7.24. The van der Waals surface area contributed by atoms with Gasteiger partial charge in [-0.1, -0.05) is 78.5 Å². The van der Waals surface area contributed by atoms with E-state index in [0.717, 1.165) is 53.7 Å². The lowest BCUT2D eigenvalue weighted by atomic mass is 10.1. The van der Waals surface area contributed by atoms with Gasteiger partial charge >= 0.3 is 0 Å². The molecular formula is C28H28N4OS. The topological polar surface area (TPSA) is 51.0 Å². The van der Waals surface area contributed by atoms with Crippen LogP contribution in [0, 0.1) is 6.92 Å². The van der Waals surface area contributed by atoms with Gasteiger partial charge < -0.3 is 4.90 Å². The van der Waals surface area contributed by atoms with Crippen LogP contribution in [0.5, 0.6) is 0 Å². The molecule has 5 nitrogen and oxygen atoms in total. The van der Waals surface area contributed by atoms with Crippen LogP contribution in [0.1, 0.15) is 45.7 Å². The van der Waals surface area contributed by atoms with Gasteiger partial charge in [0.25, 0.3) is 5.91 Å². The number of carbonyl (C=O) groups excluding carboxylic acids is 1. The Kier molecular flexibility index (Phi) is 6.77. The van der Waals surface area contributed by atoms with E-state index in [1.165, 1.54) is 11.1 Å². The predicted molar refractivity (Wildman–Crippen MR) is 136 cm³/mol. The molecule has 0 unspecified atom stereocenters. The maximum absolute atomic E-state index is 13.1. The number of aromatic nitrogens is 3. The number of aryl methyl sites for hydroxylation is 1. The SMILES string of the molecule is Cc1ccccc1-n1c(Cc2ccccc2)nnc1SCc1ccccc1C(=O)N1CCCC1. The van der Waals surface area contributed by atoms with Gasteiger partial charge in [-0.3, -0.25) is 9.36 Å². The number of thioether (sulfide) groups is 1. The fourth-order valence-corrected chi connectivity index (χ4v) is 5.40. The van der Waals surface area contributed by atoms with Crippen LogP contribution in [0.4, 0.5) is 0 Å². The van der Waals surface area contributed by atoms with Crippen molar-refractivity contribution in [1.82, 2.24) is 19.7 Å². The first-order valence-electron chi connectivity index (χ1n) is 11.7. The second kappa shape index (κ2) is 10.3. The molecule has 0 spiro atoms. The lowest BCUT2D eigenvalue weighted by Crippen LogP contribution is -2.28. The Bertz CT molecular complexity index is 1280. The summed E-state index contributed by atoms with van der Waals surface area (Å²) in [5, 5.41) is 9.99. The number of hydrogen-bond acceptors (Lipinski definition) is 4. The van der Waals surface area contributed by atoms with Crippen LogP contribution in [-0.4, -0.2) is 38.7 Å². The van der Waals surface area contributed by atoms with Gasteiger partial charge in [-0.25, -0.2) is 0 Å². The molecule has 0 atom stereocenters. The van der Waals surface area contributed by atoms with E-state index in [2.05, 4.69) is 52.0 Å². The van der Waals surface area contributed by atoms with E-state index in [9.17, 15) is 4.79 Å². The molecule has 0 bridgehead atoms. The molecule has 1 fully saturated rings. The molecule has 1 saturated heterocycles. The molecule has 1 aromatic heterocycles. The molecule has 0 saturated carbocycles. The number of hydrogen-bond donors (Lipinski definition) is 0. The van der Waals surface area contributed by atoms with Crippen molar-refractivity contribution >= 4 is 17.7 Å². The van der Waals surface area contributed by atoms with Crippen molar-refractivity contribution in [1.29, 1.82) is 0 Å². The largest absolute Gasteiger partial charge is 0.339 e. The van der Waals surface area contributed by atoms with Crippen LogP contribution in [-0.2, 0) is 12.2 Å². The van der Waals surface area contributed by atoms with Gasteiger partial charge in [-0.2, -0.15) is 0 Å². The second-order valence-electron chi connectivity index (χ2n) is 8.63. The molecule has 3 aromatic carbocycles. The third-order valence-electron chi connectivity index (χ3n) is 6.26. The summed E-state index contributed by atoms with van der Waals surface area (Å²) in [5.74, 6) is 1.70. The molecule has 4 aromatic rings. The van der Waals surface area contributed by atoms with Gasteiger partial charge in [0, 0.05) is 30.8 Å². The maximum atomic E-state index is 13.1. The van der Waals surface area contributed by atoms with E-state index in [1.807, 2.05) is 53.4 Å². The van der Waals surface area contributed by atoms with Crippen LogP contribution in [0.2, 0.25) is 0 Å². The van der Waals surface area contributed by atoms with E-state index in [0.29, 0.717) is 12.2 Å². The summed E-state index contributed by atoms with van der Waals surface area (Å²) in [6.45, 7) is 3.82. The molecule has 1 aliphatic heterocycles. The third kappa shape index (κ3) is 4.77. The average molecular weight is 469 g/mol. The maximum Gasteiger partial charge on any atom is 0.254 e. The lowest BCUT2D eigenvalue weighted by Gasteiger charge is -2.18. The fraction of sp³-hybridized carbons (Fsp3) is 0.250. The summed E-state index contributed by atoms with van der Waals surface area (Å²) in [4.78, 5) is 15.1. The number of carbonyl (C=O) groups is 1. The monoisotopic (exact) mass is 468 g/mol. The van der Waals surface area contributed by atoms with Gasteiger partial charge in [-0.05, 0) is 48.6 Å².